The van der Waals surface area contributed by atoms with Crippen molar-refractivity contribution in [2.45, 2.75) is 31.1 Å². The lowest BCUT2D eigenvalue weighted by molar-refractivity contribution is 0.378. The Morgan fingerprint density at radius 2 is 2.18 bits per heavy atom. The number of rotatable bonds is 3. The fourth-order valence-corrected chi connectivity index (χ4v) is 3.05. The lowest BCUT2D eigenvalue weighted by Crippen LogP contribution is -2.22. The van der Waals surface area contributed by atoms with Crippen molar-refractivity contribution < 1.29 is 0 Å². The van der Waals surface area contributed by atoms with Crippen LogP contribution in [0.15, 0.2) is 12.3 Å². The second kappa shape index (κ2) is 6.12. The first-order valence-corrected chi connectivity index (χ1v) is 7.03. The monoisotopic (exact) mass is 292 g/mol. The highest BCUT2D eigenvalue weighted by atomic mass is 35.5. The van der Waals surface area contributed by atoms with Gasteiger partial charge in [-0.3, -0.25) is 0 Å². The van der Waals surface area contributed by atoms with Crippen molar-refractivity contribution in [3.63, 3.8) is 0 Å². The zero-order valence-corrected chi connectivity index (χ0v) is 11.7. The molecule has 1 saturated carbocycles. The highest BCUT2D eigenvalue weighted by molar-refractivity contribution is 6.35. The molecule has 2 rings (SSSR count). The first kappa shape index (κ1) is 13.3. The summed E-state index contributed by atoms with van der Waals surface area (Å²) in [6, 6.07) is 1.70. The van der Waals surface area contributed by atoms with E-state index < -0.39 is 0 Å². The molecule has 0 saturated heterocycles. The van der Waals surface area contributed by atoms with Gasteiger partial charge in [0.2, 0.25) is 0 Å². The highest BCUT2D eigenvalue weighted by Gasteiger charge is 2.20. The maximum Gasteiger partial charge on any atom is 0.144 e. The molecule has 1 aromatic heterocycles. The van der Waals surface area contributed by atoms with Crippen molar-refractivity contribution >= 4 is 40.6 Å². The summed E-state index contributed by atoms with van der Waals surface area (Å²) in [7, 11) is 0. The number of pyridine rings is 1. The van der Waals surface area contributed by atoms with E-state index in [1.54, 1.807) is 12.3 Å². The van der Waals surface area contributed by atoms with Crippen molar-refractivity contribution in [2.75, 3.05) is 11.9 Å². The SMILES string of the molecule is Clc1cnc(NCC2CCCC(Cl)C2)c(Cl)c1. The topological polar surface area (TPSA) is 24.9 Å². The van der Waals surface area contributed by atoms with Gasteiger partial charge in [-0.1, -0.05) is 29.6 Å². The van der Waals surface area contributed by atoms with E-state index in [-0.39, 0.29) is 0 Å². The van der Waals surface area contributed by atoms with E-state index in [2.05, 4.69) is 10.3 Å². The van der Waals surface area contributed by atoms with E-state index in [0.29, 0.717) is 27.2 Å². The molecular weight excluding hydrogens is 279 g/mol. The average molecular weight is 294 g/mol. The van der Waals surface area contributed by atoms with Gasteiger partial charge in [-0.15, -0.1) is 11.6 Å². The Bertz CT molecular complexity index is 384. The van der Waals surface area contributed by atoms with E-state index in [1.165, 1.54) is 12.8 Å². The minimum atomic E-state index is 0.323. The van der Waals surface area contributed by atoms with Crippen LogP contribution in [-0.2, 0) is 0 Å². The van der Waals surface area contributed by atoms with Crippen molar-refractivity contribution in [3.8, 4) is 0 Å². The summed E-state index contributed by atoms with van der Waals surface area (Å²) < 4.78 is 0. The summed E-state index contributed by atoms with van der Waals surface area (Å²) in [5.74, 6) is 1.31. The summed E-state index contributed by atoms with van der Waals surface area (Å²) in [6.07, 6.45) is 6.24. The van der Waals surface area contributed by atoms with Gasteiger partial charge in [0.25, 0.3) is 0 Å². The third-order valence-corrected chi connectivity index (χ3v) is 3.98. The molecule has 1 fully saturated rings. The Kier molecular flexibility index (Phi) is 4.78. The second-order valence-corrected chi connectivity index (χ2v) is 5.96. The molecular formula is C12H15Cl3N2. The fourth-order valence-electron chi connectivity index (χ4n) is 2.20. The number of halogens is 3. The second-order valence-electron chi connectivity index (χ2n) is 4.49. The Labute approximate surface area is 117 Å². The number of aromatic nitrogens is 1. The molecule has 2 unspecified atom stereocenters. The van der Waals surface area contributed by atoms with Gasteiger partial charge < -0.3 is 5.32 Å². The zero-order chi connectivity index (χ0) is 12.3. The summed E-state index contributed by atoms with van der Waals surface area (Å²) >= 11 is 18.0. The van der Waals surface area contributed by atoms with E-state index >= 15 is 0 Å². The number of nitrogens with one attached hydrogen (secondary N) is 1. The molecule has 1 aliphatic rings. The van der Waals surface area contributed by atoms with Gasteiger partial charge in [0.15, 0.2) is 0 Å². The van der Waals surface area contributed by atoms with Gasteiger partial charge in [0, 0.05) is 18.1 Å². The van der Waals surface area contributed by atoms with E-state index in [1.807, 2.05) is 0 Å². The minimum Gasteiger partial charge on any atom is -0.369 e. The first-order valence-electron chi connectivity index (χ1n) is 5.84. The van der Waals surface area contributed by atoms with Crippen molar-refractivity contribution in [2.24, 2.45) is 5.92 Å². The summed E-state index contributed by atoms with van der Waals surface area (Å²) in [5, 5.41) is 4.71. The highest BCUT2D eigenvalue weighted by Crippen LogP contribution is 2.29. The lowest BCUT2D eigenvalue weighted by Gasteiger charge is -2.25. The molecule has 1 aliphatic carbocycles. The van der Waals surface area contributed by atoms with Crippen LogP contribution in [0.25, 0.3) is 0 Å². The minimum absolute atomic E-state index is 0.323. The van der Waals surface area contributed by atoms with Gasteiger partial charge in [-0.25, -0.2) is 4.98 Å². The van der Waals surface area contributed by atoms with Crippen LogP contribution in [0, 0.1) is 5.92 Å². The van der Waals surface area contributed by atoms with Gasteiger partial charge in [0.1, 0.15) is 5.82 Å². The van der Waals surface area contributed by atoms with Crippen LogP contribution < -0.4 is 5.32 Å². The number of anilines is 1. The normalized spacial score (nSPS) is 24.6. The fraction of sp³-hybridized carbons (Fsp3) is 0.583. The predicted octanol–water partition coefficient (Wildman–Crippen LogP) is 4.60. The molecule has 17 heavy (non-hydrogen) atoms. The maximum absolute atomic E-state index is 6.16. The smallest absolute Gasteiger partial charge is 0.144 e. The van der Waals surface area contributed by atoms with Gasteiger partial charge in [0.05, 0.1) is 10.0 Å². The van der Waals surface area contributed by atoms with Crippen LogP contribution in [-0.4, -0.2) is 16.9 Å². The molecule has 1 heterocycles. The van der Waals surface area contributed by atoms with Crippen molar-refractivity contribution in [1.29, 1.82) is 0 Å². The quantitative estimate of drug-likeness (QED) is 0.824. The molecule has 2 atom stereocenters. The Morgan fingerprint density at radius 3 is 2.88 bits per heavy atom. The van der Waals surface area contributed by atoms with Crippen LogP contribution in [0.1, 0.15) is 25.7 Å². The summed E-state index contributed by atoms with van der Waals surface area (Å²) in [6.45, 7) is 0.873. The predicted molar refractivity (Wildman–Crippen MR) is 74.3 cm³/mol. The average Bonchev–Trinajstić information content (AvgIpc) is 2.28. The molecule has 0 spiro atoms. The standard InChI is InChI=1S/C12H15Cl3N2/c13-9-3-1-2-8(4-9)6-16-12-11(15)5-10(14)7-17-12/h5,7-9H,1-4,6H2,(H,16,17). The number of nitrogens with zero attached hydrogens (tertiary/aromatic N) is 1. The van der Waals surface area contributed by atoms with Crippen molar-refractivity contribution in [3.05, 3.63) is 22.3 Å². The molecule has 0 aromatic carbocycles. The van der Waals surface area contributed by atoms with Crippen LogP contribution in [0.5, 0.6) is 0 Å². The van der Waals surface area contributed by atoms with E-state index in [4.69, 9.17) is 34.8 Å². The molecule has 94 valence electrons. The number of hydrogen-bond donors (Lipinski definition) is 1. The van der Waals surface area contributed by atoms with Gasteiger partial charge in [-0.2, -0.15) is 0 Å². The summed E-state index contributed by atoms with van der Waals surface area (Å²) in [4.78, 5) is 4.17. The Balaban J connectivity index is 1.88. The van der Waals surface area contributed by atoms with E-state index in [0.717, 1.165) is 19.4 Å². The third kappa shape index (κ3) is 3.90. The molecule has 2 nitrogen and oxygen atoms in total. The Hall–Kier alpha value is -0.180. The van der Waals surface area contributed by atoms with Gasteiger partial charge in [-0.05, 0) is 31.2 Å². The summed E-state index contributed by atoms with van der Waals surface area (Å²) in [5.41, 5.74) is 0. The third-order valence-electron chi connectivity index (χ3n) is 3.08. The molecule has 0 amide bonds. The van der Waals surface area contributed by atoms with Gasteiger partial charge >= 0.3 is 0 Å². The van der Waals surface area contributed by atoms with Crippen LogP contribution in [0.2, 0.25) is 10.0 Å². The van der Waals surface area contributed by atoms with Crippen LogP contribution in [0.3, 0.4) is 0 Å². The molecule has 0 radical (unpaired) electrons. The largest absolute Gasteiger partial charge is 0.369 e. The van der Waals surface area contributed by atoms with Crippen LogP contribution in [0.4, 0.5) is 5.82 Å². The molecule has 0 aliphatic heterocycles. The molecule has 1 N–H and O–H groups in total. The number of alkyl halides is 1. The number of hydrogen-bond acceptors (Lipinski definition) is 2. The lowest BCUT2D eigenvalue weighted by atomic mass is 9.89. The molecule has 5 heteroatoms. The zero-order valence-electron chi connectivity index (χ0n) is 9.43. The molecule has 1 aromatic rings. The van der Waals surface area contributed by atoms with Crippen molar-refractivity contribution in [1.82, 2.24) is 4.98 Å². The molecule has 0 bridgehead atoms. The van der Waals surface area contributed by atoms with E-state index in [9.17, 15) is 0 Å². The first-order chi connectivity index (χ1) is 8.15. The Morgan fingerprint density at radius 1 is 1.35 bits per heavy atom. The maximum atomic E-state index is 6.16. The van der Waals surface area contributed by atoms with Crippen LogP contribution >= 0.6 is 34.8 Å².